The molecule has 6 nitrogen and oxygen atoms in total. The number of aryl methyl sites for hydroxylation is 1. The van der Waals surface area contributed by atoms with Crippen LogP contribution in [0, 0.1) is 6.92 Å². The van der Waals surface area contributed by atoms with Crippen LogP contribution in [0.25, 0.3) is 0 Å². The van der Waals surface area contributed by atoms with E-state index < -0.39 is 10.0 Å². The fraction of sp³-hybridized carbons (Fsp3) is 0.350. The molecule has 0 spiro atoms. The molecular formula is C20H26N2O4S. The van der Waals surface area contributed by atoms with Crippen molar-refractivity contribution < 1.29 is 17.9 Å². The van der Waals surface area contributed by atoms with Gasteiger partial charge in [0.1, 0.15) is 5.75 Å². The van der Waals surface area contributed by atoms with Crippen molar-refractivity contribution in [2.45, 2.75) is 31.6 Å². The summed E-state index contributed by atoms with van der Waals surface area (Å²) in [6.07, 6.45) is 1.93. The van der Waals surface area contributed by atoms with Gasteiger partial charge in [-0.1, -0.05) is 13.3 Å². The molecule has 2 aromatic carbocycles. The van der Waals surface area contributed by atoms with Crippen LogP contribution in [0.5, 0.6) is 5.75 Å². The number of hydrogen-bond acceptors (Lipinski definition) is 4. The Morgan fingerprint density at radius 1 is 1.15 bits per heavy atom. The van der Waals surface area contributed by atoms with E-state index in [1.54, 1.807) is 37.3 Å². The summed E-state index contributed by atoms with van der Waals surface area (Å²) in [4.78, 5) is 12.3. The van der Waals surface area contributed by atoms with Crippen LogP contribution < -0.4 is 14.4 Å². The molecule has 0 atom stereocenters. The molecule has 2 aromatic rings. The van der Waals surface area contributed by atoms with E-state index in [9.17, 15) is 13.2 Å². The Labute approximate surface area is 161 Å². The summed E-state index contributed by atoms with van der Waals surface area (Å²) >= 11 is 0. The molecule has 0 fully saturated rings. The highest BCUT2D eigenvalue weighted by Gasteiger charge is 2.23. The van der Waals surface area contributed by atoms with Crippen LogP contribution in [0.1, 0.15) is 35.7 Å². The van der Waals surface area contributed by atoms with Crippen LogP contribution in [0.4, 0.5) is 5.69 Å². The minimum absolute atomic E-state index is 0.154. The van der Waals surface area contributed by atoms with Crippen molar-refractivity contribution in [1.82, 2.24) is 5.32 Å². The summed E-state index contributed by atoms with van der Waals surface area (Å²) in [5, 5.41) is 2.86. The van der Waals surface area contributed by atoms with Crippen LogP contribution in [0.15, 0.2) is 47.4 Å². The predicted molar refractivity (Wildman–Crippen MR) is 107 cm³/mol. The predicted octanol–water partition coefficient (Wildman–Crippen LogP) is 3.36. The standard InChI is InChI=1S/C20H26N2O4S/c1-5-6-13-21-20(23)16-7-12-19(15(2)14-16)22(3)27(24,25)18-10-8-17(26-4)9-11-18/h7-12,14H,5-6,13H2,1-4H3,(H,21,23). The molecule has 0 aliphatic rings. The van der Waals surface area contributed by atoms with Crippen molar-refractivity contribution in [2.75, 3.05) is 25.0 Å². The Bertz CT molecular complexity index is 893. The number of anilines is 1. The number of unbranched alkanes of at least 4 members (excludes halogenated alkanes) is 1. The molecule has 1 N–H and O–H groups in total. The molecule has 2 rings (SSSR count). The lowest BCUT2D eigenvalue weighted by Gasteiger charge is -2.22. The normalized spacial score (nSPS) is 11.1. The van der Waals surface area contributed by atoms with Gasteiger partial charge in [0.05, 0.1) is 17.7 Å². The number of nitrogens with one attached hydrogen (secondary N) is 1. The maximum absolute atomic E-state index is 12.9. The minimum atomic E-state index is -3.71. The summed E-state index contributed by atoms with van der Waals surface area (Å²) in [5.74, 6) is 0.435. The number of methoxy groups -OCH3 is 1. The first kappa shape index (κ1) is 20.8. The smallest absolute Gasteiger partial charge is 0.264 e. The monoisotopic (exact) mass is 390 g/mol. The van der Waals surface area contributed by atoms with E-state index in [4.69, 9.17) is 4.74 Å². The molecule has 0 aromatic heterocycles. The van der Waals surface area contributed by atoms with Gasteiger partial charge in [0.15, 0.2) is 0 Å². The molecule has 0 aliphatic heterocycles. The SMILES string of the molecule is CCCCNC(=O)c1ccc(N(C)S(=O)(=O)c2ccc(OC)cc2)c(C)c1. The fourth-order valence-electron chi connectivity index (χ4n) is 2.67. The van der Waals surface area contributed by atoms with Crippen molar-refractivity contribution in [3.63, 3.8) is 0 Å². The van der Waals surface area contributed by atoms with Gasteiger partial charge in [0.25, 0.3) is 15.9 Å². The van der Waals surface area contributed by atoms with E-state index in [-0.39, 0.29) is 10.8 Å². The van der Waals surface area contributed by atoms with Crippen molar-refractivity contribution in [2.24, 2.45) is 0 Å². The van der Waals surface area contributed by atoms with Gasteiger partial charge in [0, 0.05) is 19.2 Å². The van der Waals surface area contributed by atoms with E-state index in [1.165, 1.54) is 30.6 Å². The Balaban J connectivity index is 2.24. The quantitative estimate of drug-likeness (QED) is 0.701. The van der Waals surface area contributed by atoms with Crippen molar-refractivity contribution in [3.8, 4) is 5.75 Å². The fourth-order valence-corrected chi connectivity index (χ4v) is 3.93. The maximum atomic E-state index is 12.9. The first-order chi connectivity index (χ1) is 12.8. The van der Waals surface area contributed by atoms with Gasteiger partial charge in [-0.25, -0.2) is 8.42 Å². The highest BCUT2D eigenvalue weighted by molar-refractivity contribution is 7.92. The number of nitrogens with zero attached hydrogens (tertiary/aromatic N) is 1. The van der Waals surface area contributed by atoms with Gasteiger partial charge in [0.2, 0.25) is 0 Å². The van der Waals surface area contributed by atoms with Crippen molar-refractivity contribution in [3.05, 3.63) is 53.6 Å². The Morgan fingerprint density at radius 2 is 1.81 bits per heavy atom. The summed E-state index contributed by atoms with van der Waals surface area (Å²) < 4.78 is 32.1. The number of rotatable bonds is 8. The molecule has 0 unspecified atom stereocenters. The number of ether oxygens (including phenoxy) is 1. The molecule has 7 heteroatoms. The minimum Gasteiger partial charge on any atom is -0.497 e. The molecule has 0 bridgehead atoms. The lowest BCUT2D eigenvalue weighted by atomic mass is 10.1. The number of hydrogen-bond donors (Lipinski definition) is 1. The summed E-state index contributed by atoms with van der Waals surface area (Å²) in [7, 11) is -0.683. The zero-order chi connectivity index (χ0) is 20.0. The Hall–Kier alpha value is -2.54. The number of carbonyl (C=O) groups excluding carboxylic acids is 1. The number of amides is 1. The molecular weight excluding hydrogens is 364 g/mol. The highest BCUT2D eigenvalue weighted by Crippen LogP contribution is 2.27. The lowest BCUT2D eigenvalue weighted by Crippen LogP contribution is -2.28. The average Bonchev–Trinajstić information content (AvgIpc) is 2.67. The van der Waals surface area contributed by atoms with Gasteiger partial charge in [-0.05, 0) is 61.4 Å². The zero-order valence-electron chi connectivity index (χ0n) is 16.2. The largest absolute Gasteiger partial charge is 0.497 e. The molecule has 27 heavy (non-hydrogen) atoms. The van der Waals surface area contributed by atoms with E-state index in [0.29, 0.717) is 29.1 Å². The highest BCUT2D eigenvalue weighted by atomic mass is 32.2. The zero-order valence-corrected chi connectivity index (χ0v) is 17.0. The molecule has 0 aliphatic carbocycles. The first-order valence-corrected chi connectivity index (χ1v) is 10.3. The Morgan fingerprint density at radius 3 is 2.37 bits per heavy atom. The second-order valence-electron chi connectivity index (χ2n) is 6.26. The molecule has 146 valence electrons. The van der Waals surface area contributed by atoms with E-state index in [2.05, 4.69) is 12.2 Å². The van der Waals surface area contributed by atoms with Gasteiger partial charge >= 0.3 is 0 Å². The second-order valence-corrected chi connectivity index (χ2v) is 8.23. The van der Waals surface area contributed by atoms with Crippen LogP contribution >= 0.6 is 0 Å². The van der Waals surface area contributed by atoms with Crippen LogP contribution in [0.2, 0.25) is 0 Å². The van der Waals surface area contributed by atoms with Gasteiger partial charge in [-0.3, -0.25) is 9.10 Å². The molecule has 1 amide bonds. The number of carbonyl (C=O) groups is 1. The van der Waals surface area contributed by atoms with Crippen molar-refractivity contribution in [1.29, 1.82) is 0 Å². The van der Waals surface area contributed by atoms with E-state index in [0.717, 1.165) is 12.8 Å². The number of sulfonamides is 1. The van der Waals surface area contributed by atoms with Crippen LogP contribution in [-0.4, -0.2) is 35.0 Å². The van der Waals surface area contributed by atoms with Gasteiger partial charge < -0.3 is 10.1 Å². The first-order valence-electron chi connectivity index (χ1n) is 8.83. The molecule has 0 saturated carbocycles. The lowest BCUT2D eigenvalue weighted by molar-refractivity contribution is 0.0953. The summed E-state index contributed by atoms with van der Waals surface area (Å²) in [6.45, 7) is 4.48. The summed E-state index contributed by atoms with van der Waals surface area (Å²) in [5.41, 5.74) is 1.75. The van der Waals surface area contributed by atoms with E-state index >= 15 is 0 Å². The van der Waals surface area contributed by atoms with Crippen LogP contribution in [0.3, 0.4) is 0 Å². The van der Waals surface area contributed by atoms with Gasteiger partial charge in [-0.2, -0.15) is 0 Å². The van der Waals surface area contributed by atoms with Gasteiger partial charge in [-0.15, -0.1) is 0 Å². The third-order valence-electron chi connectivity index (χ3n) is 4.33. The van der Waals surface area contributed by atoms with E-state index in [1.807, 2.05) is 0 Å². The van der Waals surface area contributed by atoms with Crippen molar-refractivity contribution >= 4 is 21.6 Å². The molecule has 0 radical (unpaired) electrons. The molecule has 0 saturated heterocycles. The summed E-state index contributed by atoms with van der Waals surface area (Å²) in [6, 6.07) is 11.2. The third-order valence-corrected chi connectivity index (χ3v) is 6.12. The second kappa shape index (κ2) is 8.90. The number of benzene rings is 2. The third kappa shape index (κ3) is 4.80. The molecule has 0 heterocycles. The topological polar surface area (TPSA) is 75.7 Å². The average molecular weight is 391 g/mol. The van der Waals surface area contributed by atoms with Crippen LogP contribution in [-0.2, 0) is 10.0 Å². The maximum Gasteiger partial charge on any atom is 0.264 e. The Kier molecular flexibility index (Phi) is 6.85.